The smallest absolute Gasteiger partial charge is 0.0590 e. The molecule has 2 rings (SSSR count). The van der Waals surface area contributed by atoms with Gasteiger partial charge in [0.15, 0.2) is 0 Å². The molecule has 0 atom stereocenters. The second-order valence-electron chi connectivity index (χ2n) is 6.75. The topological polar surface area (TPSA) is 35.2 Å². The monoisotopic (exact) mass is 261 g/mol. The first-order valence-electron chi connectivity index (χ1n) is 7.20. The van der Waals surface area contributed by atoms with Crippen LogP contribution in [0, 0.1) is 26.2 Å². The zero-order valence-electron chi connectivity index (χ0n) is 13.0. The molecule has 2 N–H and O–H groups in total. The summed E-state index contributed by atoms with van der Waals surface area (Å²) in [4.78, 5) is 0. The Balaban J connectivity index is 2.51. The molecule has 0 aromatic heterocycles. The van der Waals surface area contributed by atoms with Crippen LogP contribution < -0.4 is 5.73 Å². The highest BCUT2D eigenvalue weighted by Gasteiger charge is 2.52. The molecule has 1 heterocycles. The van der Waals surface area contributed by atoms with Crippen molar-refractivity contribution in [1.29, 1.82) is 0 Å². The zero-order chi connectivity index (χ0) is 14.3. The lowest BCUT2D eigenvalue weighted by Crippen LogP contribution is -2.57. The van der Waals surface area contributed by atoms with Crippen molar-refractivity contribution in [3.05, 3.63) is 34.4 Å². The molecule has 1 aromatic rings. The van der Waals surface area contributed by atoms with E-state index in [0.29, 0.717) is 0 Å². The lowest BCUT2D eigenvalue weighted by Gasteiger charge is -2.53. The second-order valence-corrected chi connectivity index (χ2v) is 6.75. The molecular formula is C17H27NO. The van der Waals surface area contributed by atoms with E-state index < -0.39 is 0 Å². The van der Waals surface area contributed by atoms with Crippen molar-refractivity contribution in [3.63, 3.8) is 0 Å². The van der Waals surface area contributed by atoms with Crippen LogP contribution in [0.5, 0.6) is 0 Å². The summed E-state index contributed by atoms with van der Waals surface area (Å²) in [5, 5.41) is 0. The van der Waals surface area contributed by atoms with Crippen LogP contribution in [0.15, 0.2) is 12.1 Å². The number of aryl methyl sites for hydroxylation is 3. The maximum absolute atomic E-state index is 5.82. The van der Waals surface area contributed by atoms with Crippen LogP contribution in [-0.2, 0) is 10.2 Å². The van der Waals surface area contributed by atoms with E-state index >= 15 is 0 Å². The SMILES string of the molecule is Cc1cc(C)c(C2(C(C)(C)CCN)COC2)cc1C. The van der Waals surface area contributed by atoms with Gasteiger partial charge in [-0.25, -0.2) is 0 Å². The number of benzene rings is 1. The fourth-order valence-corrected chi connectivity index (χ4v) is 3.29. The molecule has 1 aliphatic heterocycles. The van der Waals surface area contributed by atoms with Gasteiger partial charge in [-0.05, 0) is 61.4 Å². The number of hydrogen-bond donors (Lipinski definition) is 1. The first kappa shape index (κ1) is 14.5. The molecule has 1 saturated heterocycles. The summed E-state index contributed by atoms with van der Waals surface area (Å²) in [6.07, 6.45) is 1.03. The molecule has 1 aliphatic rings. The highest BCUT2D eigenvalue weighted by molar-refractivity contribution is 5.43. The van der Waals surface area contributed by atoms with Crippen molar-refractivity contribution in [2.75, 3.05) is 19.8 Å². The molecule has 2 nitrogen and oxygen atoms in total. The third-order valence-electron chi connectivity index (χ3n) is 5.12. The normalized spacial score (nSPS) is 18.2. The lowest BCUT2D eigenvalue weighted by atomic mass is 9.58. The first-order valence-corrected chi connectivity index (χ1v) is 7.20. The molecule has 0 radical (unpaired) electrons. The summed E-state index contributed by atoms with van der Waals surface area (Å²) in [6.45, 7) is 13.6. The molecule has 0 amide bonds. The van der Waals surface area contributed by atoms with Crippen LogP contribution >= 0.6 is 0 Å². The van der Waals surface area contributed by atoms with E-state index in [1.54, 1.807) is 0 Å². The third-order valence-corrected chi connectivity index (χ3v) is 5.12. The van der Waals surface area contributed by atoms with E-state index in [1.807, 2.05) is 0 Å². The Labute approximate surface area is 117 Å². The quantitative estimate of drug-likeness (QED) is 0.903. The van der Waals surface area contributed by atoms with Crippen molar-refractivity contribution in [2.45, 2.75) is 46.5 Å². The minimum Gasteiger partial charge on any atom is -0.379 e. The Hall–Kier alpha value is -0.860. The van der Waals surface area contributed by atoms with Gasteiger partial charge in [0.25, 0.3) is 0 Å². The minimum absolute atomic E-state index is 0.134. The minimum atomic E-state index is 0.134. The average molecular weight is 261 g/mol. The van der Waals surface area contributed by atoms with Gasteiger partial charge in [-0.2, -0.15) is 0 Å². The van der Waals surface area contributed by atoms with Gasteiger partial charge in [0.2, 0.25) is 0 Å². The Morgan fingerprint density at radius 2 is 1.68 bits per heavy atom. The van der Waals surface area contributed by atoms with Gasteiger partial charge in [-0.1, -0.05) is 26.0 Å². The Bertz CT molecular complexity index is 472. The largest absolute Gasteiger partial charge is 0.379 e. The molecule has 0 saturated carbocycles. The predicted octanol–water partition coefficient (Wildman–Crippen LogP) is 3.25. The van der Waals surface area contributed by atoms with E-state index in [9.17, 15) is 0 Å². The van der Waals surface area contributed by atoms with E-state index in [2.05, 4.69) is 46.8 Å². The number of hydrogen-bond acceptors (Lipinski definition) is 2. The van der Waals surface area contributed by atoms with E-state index in [-0.39, 0.29) is 10.8 Å². The second kappa shape index (κ2) is 4.92. The van der Waals surface area contributed by atoms with Crippen LogP contribution in [0.3, 0.4) is 0 Å². The number of ether oxygens (including phenoxy) is 1. The molecular weight excluding hydrogens is 234 g/mol. The van der Waals surface area contributed by atoms with Crippen molar-refractivity contribution in [3.8, 4) is 0 Å². The molecule has 0 unspecified atom stereocenters. The average Bonchev–Trinajstić information content (AvgIpc) is 2.23. The summed E-state index contributed by atoms with van der Waals surface area (Å²) >= 11 is 0. The van der Waals surface area contributed by atoms with Gasteiger partial charge < -0.3 is 10.5 Å². The highest BCUT2D eigenvalue weighted by Crippen LogP contribution is 2.50. The lowest BCUT2D eigenvalue weighted by molar-refractivity contribution is -0.121. The van der Waals surface area contributed by atoms with Crippen LogP contribution in [0.2, 0.25) is 0 Å². The zero-order valence-corrected chi connectivity index (χ0v) is 13.0. The summed E-state index contributed by atoms with van der Waals surface area (Å²) in [5.74, 6) is 0. The summed E-state index contributed by atoms with van der Waals surface area (Å²) in [7, 11) is 0. The molecule has 1 aromatic carbocycles. The van der Waals surface area contributed by atoms with Crippen molar-refractivity contribution in [2.24, 2.45) is 11.1 Å². The third kappa shape index (κ3) is 2.21. The summed E-state index contributed by atoms with van der Waals surface area (Å²) in [5.41, 5.74) is 11.7. The van der Waals surface area contributed by atoms with Gasteiger partial charge in [-0.3, -0.25) is 0 Å². The summed E-state index contributed by atoms with van der Waals surface area (Å²) < 4.78 is 5.61. The summed E-state index contributed by atoms with van der Waals surface area (Å²) in [6, 6.07) is 4.68. The molecule has 1 fully saturated rings. The molecule has 2 heteroatoms. The van der Waals surface area contributed by atoms with Crippen molar-refractivity contribution in [1.82, 2.24) is 0 Å². The molecule has 0 aliphatic carbocycles. The Morgan fingerprint density at radius 1 is 1.11 bits per heavy atom. The van der Waals surface area contributed by atoms with Crippen LogP contribution in [0.25, 0.3) is 0 Å². The van der Waals surface area contributed by atoms with Gasteiger partial charge >= 0.3 is 0 Å². The Morgan fingerprint density at radius 3 is 2.16 bits per heavy atom. The first-order chi connectivity index (χ1) is 8.84. The van der Waals surface area contributed by atoms with Crippen molar-refractivity contribution < 1.29 is 4.74 Å². The Kier molecular flexibility index (Phi) is 3.76. The van der Waals surface area contributed by atoms with E-state index in [4.69, 9.17) is 10.5 Å². The predicted molar refractivity (Wildman–Crippen MR) is 80.6 cm³/mol. The van der Waals surface area contributed by atoms with E-state index in [1.165, 1.54) is 22.3 Å². The van der Waals surface area contributed by atoms with Crippen molar-refractivity contribution >= 4 is 0 Å². The maximum Gasteiger partial charge on any atom is 0.0590 e. The molecule has 19 heavy (non-hydrogen) atoms. The highest BCUT2D eigenvalue weighted by atomic mass is 16.5. The molecule has 106 valence electrons. The maximum atomic E-state index is 5.82. The number of nitrogens with two attached hydrogens (primary N) is 1. The fourth-order valence-electron chi connectivity index (χ4n) is 3.29. The standard InChI is InChI=1S/C17H27NO/c1-12-8-14(3)15(9-13(12)2)17(10-19-11-17)16(4,5)6-7-18/h8-9H,6-7,10-11,18H2,1-5H3. The van der Waals surface area contributed by atoms with Crippen LogP contribution in [0.4, 0.5) is 0 Å². The number of rotatable bonds is 4. The van der Waals surface area contributed by atoms with Crippen LogP contribution in [0.1, 0.15) is 42.5 Å². The van der Waals surface area contributed by atoms with Gasteiger partial charge in [0.1, 0.15) is 0 Å². The van der Waals surface area contributed by atoms with E-state index in [0.717, 1.165) is 26.2 Å². The van der Waals surface area contributed by atoms with Crippen LogP contribution in [-0.4, -0.2) is 19.8 Å². The van der Waals surface area contributed by atoms with Gasteiger partial charge in [0.05, 0.1) is 13.2 Å². The molecule has 0 bridgehead atoms. The molecule has 0 spiro atoms. The fraction of sp³-hybridized carbons (Fsp3) is 0.647. The van der Waals surface area contributed by atoms with Gasteiger partial charge in [-0.15, -0.1) is 0 Å². The van der Waals surface area contributed by atoms with Gasteiger partial charge in [0, 0.05) is 5.41 Å².